The van der Waals surface area contributed by atoms with Crippen LogP contribution in [0.3, 0.4) is 0 Å². The number of hydrogen-bond acceptors (Lipinski definition) is 6. The van der Waals surface area contributed by atoms with E-state index in [2.05, 4.69) is 5.32 Å². The van der Waals surface area contributed by atoms with Crippen LogP contribution in [0, 0.1) is 28.9 Å². The predicted octanol–water partition coefficient (Wildman–Crippen LogP) is 2.95. The number of esters is 1. The number of hydrogen-bond donors (Lipinski definition) is 1. The van der Waals surface area contributed by atoms with Gasteiger partial charge in [-0.1, -0.05) is 0 Å². The number of thioether (sulfide) groups is 1. The van der Waals surface area contributed by atoms with Gasteiger partial charge < -0.3 is 10.1 Å². The molecule has 0 radical (unpaired) electrons. The van der Waals surface area contributed by atoms with E-state index in [-0.39, 0.29) is 12.2 Å². The van der Waals surface area contributed by atoms with Gasteiger partial charge in [0.15, 0.2) is 5.57 Å². The summed E-state index contributed by atoms with van der Waals surface area (Å²) in [4.78, 5) is 12.3. The summed E-state index contributed by atoms with van der Waals surface area (Å²) in [5.74, 6) is -0.656. The van der Waals surface area contributed by atoms with Gasteiger partial charge in [-0.3, -0.25) is 0 Å². The molecule has 0 bridgehead atoms. The van der Waals surface area contributed by atoms with E-state index in [0.29, 0.717) is 0 Å². The van der Waals surface area contributed by atoms with Gasteiger partial charge >= 0.3 is 5.97 Å². The highest BCUT2D eigenvalue weighted by molar-refractivity contribution is 8.03. The summed E-state index contributed by atoms with van der Waals surface area (Å²) >= 11 is 1.07. The molecule has 0 atom stereocenters. The fraction of sp³-hybridized carbons (Fsp3) is 0.214. The van der Waals surface area contributed by atoms with E-state index in [1.807, 2.05) is 18.4 Å². The van der Waals surface area contributed by atoms with Crippen LogP contribution in [0.15, 0.2) is 34.9 Å². The summed E-state index contributed by atoms with van der Waals surface area (Å²) in [6.45, 7) is 3.76. The second kappa shape index (κ2) is 7.88. The molecule has 6 heteroatoms. The molecule has 1 rings (SSSR count). The number of nitriles is 2. The molecule has 102 valence electrons. The van der Waals surface area contributed by atoms with Gasteiger partial charge in [-0.15, -0.1) is 0 Å². The number of carbonyl (C=O) groups is 1. The van der Waals surface area contributed by atoms with Gasteiger partial charge in [0.2, 0.25) is 0 Å². The molecule has 0 fully saturated rings. The highest BCUT2D eigenvalue weighted by atomic mass is 32.2. The number of nitrogens with one attached hydrogen (secondary N) is 1. The van der Waals surface area contributed by atoms with Gasteiger partial charge in [-0.2, -0.15) is 10.5 Å². The molecule has 0 saturated heterocycles. The molecular formula is C14H13N3O2S. The Balaban J connectivity index is 2.86. The lowest BCUT2D eigenvalue weighted by Crippen LogP contribution is -2.08. The smallest absolute Gasteiger partial charge is 0.350 e. The Morgan fingerprint density at radius 3 is 2.80 bits per heavy atom. The maximum absolute atomic E-state index is 11.4. The van der Waals surface area contributed by atoms with Crippen molar-refractivity contribution in [3.63, 3.8) is 0 Å². The number of benzene rings is 1. The number of ether oxygens (including phenoxy) is 1. The fourth-order valence-electron chi connectivity index (χ4n) is 1.41. The molecule has 1 N–H and O–H groups in total. The van der Waals surface area contributed by atoms with Crippen LogP contribution >= 0.6 is 11.8 Å². The fourth-order valence-corrected chi connectivity index (χ4v) is 1.89. The highest BCUT2D eigenvalue weighted by Gasteiger charge is 2.09. The molecule has 0 heterocycles. The molecule has 0 saturated carbocycles. The van der Waals surface area contributed by atoms with E-state index < -0.39 is 5.97 Å². The summed E-state index contributed by atoms with van der Waals surface area (Å²) < 4.78 is 4.76. The molecule has 0 amide bonds. The average Bonchev–Trinajstić information content (AvgIpc) is 2.42. The first kappa shape index (κ1) is 15.6. The summed E-state index contributed by atoms with van der Waals surface area (Å²) in [6, 6.07) is 7.20. The molecule has 0 aliphatic heterocycles. The Bertz CT molecular complexity index is 612. The molecule has 5 nitrogen and oxygen atoms in total. The zero-order chi connectivity index (χ0) is 15.0. The van der Waals surface area contributed by atoms with Crippen LogP contribution in [0.2, 0.25) is 0 Å². The number of anilines is 1. The second-order valence-electron chi connectivity index (χ2n) is 3.70. The van der Waals surface area contributed by atoms with Crippen molar-refractivity contribution in [1.82, 2.24) is 0 Å². The summed E-state index contributed by atoms with van der Waals surface area (Å²) in [6.07, 6.45) is 1.32. The maximum Gasteiger partial charge on any atom is 0.350 e. The monoisotopic (exact) mass is 287 g/mol. The first-order valence-electron chi connectivity index (χ1n) is 5.82. The molecular weight excluding hydrogens is 274 g/mol. The minimum Gasteiger partial charge on any atom is -0.462 e. The third-order valence-electron chi connectivity index (χ3n) is 2.35. The standard InChI is InChI=1S/C14H13N3O2S/c1-3-19-14(18)11(7-15)8-17-13-5-4-12(20-9-16)6-10(13)2/h4-6,8,17H,3H2,1-2H3/b11-8+. The van der Waals surface area contributed by atoms with Crippen molar-refractivity contribution in [3.05, 3.63) is 35.5 Å². The van der Waals surface area contributed by atoms with Crippen molar-refractivity contribution in [2.75, 3.05) is 11.9 Å². The van der Waals surface area contributed by atoms with Crippen LogP contribution < -0.4 is 5.32 Å². The molecule has 0 aliphatic rings. The molecule has 0 unspecified atom stereocenters. The Hall–Kier alpha value is -2.44. The van der Waals surface area contributed by atoms with Gasteiger partial charge in [-0.25, -0.2) is 4.79 Å². The molecule has 20 heavy (non-hydrogen) atoms. The van der Waals surface area contributed by atoms with Crippen molar-refractivity contribution in [2.45, 2.75) is 18.7 Å². The van der Waals surface area contributed by atoms with Crippen LogP contribution in [0.25, 0.3) is 0 Å². The minimum atomic E-state index is -0.656. The van der Waals surface area contributed by atoms with Gasteiger partial charge in [0, 0.05) is 16.8 Å². The van der Waals surface area contributed by atoms with Crippen LogP contribution in [0.1, 0.15) is 12.5 Å². The normalized spacial score (nSPS) is 10.3. The first-order chi connectivity index (χ1) is 9.62. The predicted molar refractivity (Wildman–Crippen MR) is 76.6 cm³/mol. The molecule has 0 aliphatic carbocycles. The Kier molecular flexibility index (Phi) is 6.15. The van der Waals surface area contributed by atoms with Crippen LogP contribution in [0.5, 0.6) is 0 Å². The Labute approximate surface area is 121 Å². The number of thiocyanates is 1. The Morgan fingerprint density at radius 2 is 2.25 bits per heavy atom. The lowest BCUT2D eigenvalue weighted by Gasteiger charge is -2.07. The number of carbonyl (C=O) groups excluding carboxylic acids is 1. The average molecular weight is 287 g/mol. The molecule has 0 aromatic heterocycles. The number of nitrogens with zero attached hydrogens (tertiary/aromatic N) is 2. The van der Waals surface area contributed by atoms with E-state index in [9.17, 15) is 4.79 Å². The van der Waals surface area contributed by atoms with Gasteiger partial charge in [0.1, 0.15) is 11.5 Å². The summed E-state index contributed by atoms with van der Waals surface area (Å²) in [7, 11) is 0. The van der Waals surface area contributed by atoms with Crippen molar-refractivity contribution in [1.29, 1.82) is 10.5 Å². The third kappa shape index (κ3) is 4.34. The molecule has 0 spiro atoms. The van der Waals surface area contributed by atoms with Crippen LogP contribution in [-0.4, -0.2) is 12.6 Å². The molecule has 1 aromatic rings. The van der Waals surface area contributed by atoms with Crippen LogP contribution in [0.4, 0.5) is 5.69 Å². The zero-order valence-electron chi connectivity index (χ0n) is 11.1. The summed E-state index contributed by atoms with van der Waals surface area (Å²) in [5.41, 5.74) is 1.56. The van der Waals surface area contributed by atoms with E-state index >= 15 is 0 Å². The van der Waals surface area contributed by atoms with Crippen LogP contribution in [-0.2, 0) is 9.53 Å². The number of rotatable bonds is 5. The van der Waals surface area contributed by atoms with E-state index in [0.717, 1.165) is 27.9 Å². The van der Waals surface area contributed by atoms with Crippen molar-refractivity contribution in [3.8, 4) is 11.5 Å². The van der Waals surface area contributed by atoms with Gasteiger partial charge in [0.25, 0.3) is 0 Å². The highest BCUT2D eigenvalue weighted by Crippen LogP contribution is 2.23. The quantitative estimate of drug-likeness (QED) is 0.294. The third-order valence-corrected chi connectivity index (χ3v) is 2.93. The summed E-state index contributed by atoms with van der Waals surface area (Å²) in [5, 5.41) is 22.4. The lowest BCUT2D eigenvalue weighted by atomic mass is 10.2. The van der Waals surface area contributed by atoms with E-state index in [1.165, 1.54) is 6.20 Å². The second-order valence-corrected chi connectivity index (χ2v) is 4.56. The maximum atomic E-state index is 11.4. The van der Waals surface area contributed by atoms with Gasteiger partial charge in [-0.05, 0) is 49.4 Å². The van der Waals surface area contributed by atoms with Crippen molar-refractivity contribution in [2.24, 2.45) is 0 Å². The Morgan fingerprint density at radius 1 is 1.50 bits per heavy atom. The largest absolute Gasteiger partial charge is 0.462 e. The van der Waals surface area contributed by atoms with Gasteiger partial charge in [0.05, 0.1) is 6.61 Å². The molecule has 1 aromatic carbocycles. The van der Waals surface area contributed by atoms with E-state index in [4.69, 9.17) is 15.3 Å². The van der Waals surface area contributed by atoms with Crippen molar-refractivity contribution < 1.29 is 9.53 Å². The zero-order valence-corrected chi connectivity index (χ0v) is 12.0. The first-order valence-corrected chi connectivity index (χ1v) is 6.64. The van der Waals surface area contributed by atoms with E-state index in [1.54, 1.807) is 25.1 Å². The minimum absolute atomic E-state index is 0.0956. The lowest BCUT2D eigenvalue weighted by molar-refractivity contribution is -0.138. The topological polar surface area (TPSA) is 85.9 Å². The SMILES string of the molecule is CCOC(=O)/C(C#N)=C/Nc1ccc(SC#N)cc1C. The number of aryl methyl sites for hydroxylation is 1. The van der Waals surface area contributed by atoms with Crippen molar-refractivity contribution >= 4 is 23.4 Å².